The van der Waals surface area contributed by atoms with Gasteiger partial charge in [0, 0.05) is 12.6 Å². The van der Waals surface area contributed by atoms with Crippen LogP contribution in [0, 0.1) is 0 Å². The summed E-state index contributed by atoms with van der Waals surface area (Å²) in [5, 5.41) is 4.97. The molecule has 0 saturated carbocycles. The Morgan fingerprint density at radius 3 is 2.74 bits per heavy atom. The number of H-pyrrole nitrogens is 1. The minimum Gasteiger partial charge on any atom is -0.351 e. The zero-order valence-electron chi connectivity index (χ0n) is 12.9. The molecule has 0 aliphatic carbocycles. The van der Waals surface area contributed by atoms with Crippen LogP contribution in [-0.4, -0.2) is 53.2 Å². The second-order valence-electron chi connectivity index (χ2n) is 5.08. The largest absolute Gasteiger partial charge is 0.351 e. The predicted octanol–water partition coefficient (Wildman–Crippen LogP) is -1.88. The number of aromatic amines is 1. The number of amides is 2. The first-order chi connectivity index (χ1) is 11.1. The molecule has 0 spiro atoms. The van der Waals surface area contributed by atoms with Gasteiger partial charge in [-0.1, -0.05) is 6.42 Å². The van der Waals surface area contributed by atoms with Gasteiger partial charge in [-0.25, -0.2) is 4.98 Å². The normalized spacial score (nSPS) is 13.1. The van der Waals surface area contributed by atoms with E-state index in [1.54, 1.807) is 12.5 Å². The second kappa shape index (κ2) is 10.5. The van der Waals surface area contributed by atoms with Gasteiger partial charge in [-0.15, -0.1) is 0 Å². The molecule has 1 radical (unpaired) electrons. The van der Waals surface area contributed by atoms with E-state index in [-0.39, 0.29) is 13.0 Å². The van der Waals surface area contributed by atoms with Crippen LogP contribution in [0.3, 0.4) is 0 Å². The maximum absolute atomic E-state index is 12.1. The van der Waals surface area contributed by atoms with Crippen molar-refractivity contribution in [3.05, 3.63) is 18.2 Å². The molecule has 1 aromatic rings. The first-order valence-electron chi connectivity index (χ1n) is 7.44. The average Bonchev–Trinajstić information content (AvgIpc) is 3.05. The van der Waals surface area contributed by atoms with E-state index in [4.69, 9.17) is 11.5 Å². The third-order valence-electron chi connectivity index (χ3n) is 3.24. The Labute approximate surface area is 134 Å². The molecule has 0 bridgehead atoms. The third kappa shape index (κ3) is 7.02. The number of carbonyl (C=O) groups excluding carboxylic acids is 3. The Hall–Kier alpha value is -2.26. The molecule has 0 fully saturated rings. The summed E-state index contributed by atoms with van der Waals surface area (Å²) in [6.07, 6.45) is 6.87. The summed E-state index contributed by atoms with van der Waals surface area (Å²) >= 11 is 0. The lowest BCUT2D eigenvalue weighted by atomic mass is 10.1. The number of rotatable bonds is 11. The fraction of sp³-hybridized carbons (Fsp3) is 0.571. The summed E-state index contributed by atoms with van der Waals surface area (Å²) in [7, 11) is 0. The molecule has 7 N–H and O–H groups in total. The number of aromatic nitrogens is 2. The summed E-state index contributed by atoms with van der Waals surface area (Å²) in [5.74, 6) is -0.911. The van der Waals surface area contributed by atoms with Crippen molar-refractivity contribution in [3.63, 3.8) is 0 Å². The molecule has 0 aliphatic rings. The highest BCUT2D eigenvalue weighted by Crippen LogP contribution is 2.02. The van der Waals surface area contributed by atoms with Gasteiger partial charge in [0.05, 0.1) is 24.6 Å². The lowest BCUT2D eigenvalue weighted by Gasteiger charge is -2.19. The Morgan fingerprint density at radius 2 is 2.13 bits per heavy atom. The molecule has 23 heavy (non-hydrogen) atoms. The van der Waals surface area contributed by atoms with Gasteiger partial charge in [0.25, 0.3) is 0 Å². The smallest absolute Gasteiger partial charge is 0.243 e. The number of unbranched alkanes of at least 4 members (excludes halogenated alkanes) is 1. The van der Waals surface area contributed by atoms with Gasteiger partial charge in [-0.2, -0.15) is 0 Å². The van der Waals surface area contributed by atoms with E-state index in [0.29, 0.717) is 18.7 Å². The van der Waals surface area contributed by atoms with Crippen molar-refractivity contribution in [2.45, 2.75) is 37.8 Å². The van der Waals surface area contributed by atoms with Crippen molar-refractivity contribution in [1.29, 1.82) is 0 Å². The first kappa shape index (κ1) is 18.8. The van der Waals surface area contributed by atoms with Crippen LogP contribution in [0.1, 0.15) is 25.0 Å². The number of imidazole rings is 1. The number of nitrogens with one attached hydrogen (secondary N) is 3. The minimum absolute atomic E-state index is 0.190. The summed E-state index contributed by atoms with van der Waals surface area (Å²) in [6.45, 7) is 0.301. The SMILES string of the molecule is NCCCC[C@H](N)C(=O)N[C@@H](Cc1c[nH]cn1)C(=O)NC[C]=O. The van der Waals surface area contributed by atoms with Crippen molar-refractivity contribution < 1.29 is 14.4 Å². The fourth-order valence-corrected chi connectivity index (χ4v) is 1.99. The van der Waals surface area contributed by atoms with Crippen molar-refractivity contribution in [2.24, 2.45) is 11.5 Å². The van der Waals surface area contributed by atoms with Gasteiger partial charge in [0.2, 0.25) is 18.1 Å². The van der Waals surface area contributed by atoms with Crippen molar-refractivity contribution in [2.75, 3.05) is 13.1 Å². The topological polar surface area (TPSA) is 156 Å². The third-order valence-corrected chi connectivity index (χ3v) is 3.24. The van der Waals surface area contributed by atoms with E-state index in [1.807, 2.05) is 0 Å². The van der Waals surface area contributed by atoms with Crippen LogP contribution >= 0.6 is 0 Å². The summed E-state index contributed by atoms with van der Waals surface area (Å²) in [4.78, 5) is 41.2. The Bertz CT molecular complexity index is 491. The van der Waals surface area contributed by atoms with Crippen LogP contribution in [0.2, 0.25) is 0 Å². The molecule has 9 nitrogen and oxygen atoms in total. The van der Waals surface area contributed by atoms with Gasteiger partial charge in [-0.05, 0) is 19.4 Å². The lowest BCUT2D eigenvalue weighted by Crippen LogP contribution is -2.52. The molecule has 0 unspecified atom stereocenters. The van der Waals surface area contributed by atoms with Gasteiger partial charge in [0.15, 0.2) is 0 Å². The van der Waals surface area contributed by atoms with Crippen LogP contribution in [-0.2, 0) is 20.8 Å². The highest BCUT2D eigenvalue weighted by Gasteiger charge is 2.24. The van der Waals surface area contributed by atoms with Crippen LogP contribution < -0.4 is 22.1 Å². The molecule has 1 aromatic heterocycles. The number of nitrogens with zero attached hydrogens (tertiary/aromatic N) is 1. The molecule has 2 amide bonds. The van der Waals surface area contributed by atoms with Crippen molar-refractivity contribution in [1.82, 2.24) is 20.6 Å². The van der Waals surface area contributed by atoms with E-state index in [9.17, 15) is 14.4 Å². The fourth-order valence-electron chi connectivity index (χ4n) is 1.99. The Morgan fingerprint density at radius 1 is 1.35 bits per heavy atom. The molecule has 0 saturated heterocycles. The van der Waals surface area contributed by atoms with Crippen LogP contribution in [0.5, 0.6) is 0 Å². The van der Waals surface area contributed by atoms with Crippen molar-refractivity contribution >= 4 is 18.1 Å². The molecule has 9 heteroatoms. The Kier molecular flexibility index (Phi) is 8.55. The maximum Gasteiger partial charge on any atom is 0.243 e. The molecule has 1 rings (SSSR count). The molecule has 0 aromatic carbocycles. The highest BCUT2D eigenvalue weighted by molar-refractivity contribution is 5.90. The number of hydrogen-bond acceptors (Lipinski definition) is 6. The maximum atomic E-state index is 12.1. The standard InChI is InChI=1S/C14H23N6O3/c15-4-2-1-3-11(16)13(22)20-12(14(23)18-5-6-21)7-10-8-17-9-19-10/h8-9,11-12H,1-5,7,15-16H2,(H,17,19)(H,18,23)(H,20,22)/t11-,12-/m0/s1. The summed E-state index contributed by atoms with van der Waals surface area (Å²) in [5.41, 5.74) is 11.8. The first-order valence-corrected chi connectivity index (χ1v) is 7.44. The van der Waals surface area contributed by atoms with E-state index >= 15 is 0 Å². The molecule has 2 atom stereocenters. The van der Waals surface area contributed by atoms with Crippen LogP contribution in [0.4, 0.5) is 0 Å². The quantitative estimate of drug-likeness (QED) is 0.300. The van der Waals surface area contributed by atoms with Gasteiger partial charge < -0.3 is 27.1 Å². The molecule has 127 valence electrons. The van der Waals surface area contributed by atoms with Gasteiger partial charge in [0.1, 0.15) is 6.04 Å². The number of carbonyl (C=O) groups is 2. The molecule has 0 aliphatic heterocycles. The monoisotopic (exact) mass is 323 g/mol. The predicted molar refractivity (Wildman–Crippen MR) is 83.8 cm³/mol. The number of hydrogen-bond donors (Lipinski definition) is 5. The van der Waals surface area contributed by atoms with E-state index < -0.39 is 23.9 Å². The molecular weight excluding hydrogens is 300 g/mol. The lowest BCUT2D eigenvalue weighted by molar-refractivity contribution is -0.129. The zero-order chi connectivity index (χ0) is 17.1. The molecule has 1 heterocycles. The summed E-state index contributed by atoms with van der Waals surface area (Å²) in [6, 6.07) is -1.58. The van der Waals surface area contributed by atoms with E-state index in [0.717, 1.165) is 12.8 Å². The van der Waals surface area contributed by atoms with Crippen LogP contribution in [0.15, 0.2) is 12.5 Å². The summed E-state index contributed by atoms with van der Waals surface area (Å²) < 4.78 is 0. The van der Waals surface area contributed by atoms with E-state index in [1.165, 1.54) is 6.33 Å². The van der Waals surface area contributed by atoms with Crippen LogP contribution in [0.25, 0.3) is 0 Å². The van der Waals surface area contributed by atoms with Gasteiger partial charge in [-0.3, -0.25) is 14.4 Å². The highest BCUT2D eigenvalue weighted by atomic mass is 16.2. The Balaban J connectivity index is 2.61. The molecular formula is C14H23N6O3. The van der Waals surface area contributed by atoms with Gasteiger partial charge >= 0.3 is 0 Å². The van der Waals surface area contributed by atoms with Crippen molar-refractivity contribution in [3.8, 4) is 0 Å². The zero-order valence-corrected chi connectivity index (χ0v) is 12.9. The number of nitrogens with two attached hydrogens (primary N) is 2. The average molecular weight is 323 g/mol. The van der Waals surface area contributed by atoms with E-state index in [2.05, 4.69) is 20.6 Å². The second-order valence-corrected chi connectivity index (χ2v) is 5.08. The minimum atomic E-state index is -0.861.